The van der Waals surface area contributed by atoms with E-state index in [2.05, 4.69) is 0 Å². The number of aryl methyl sites for hydroxylation is 1. The molecule has 0 unspecified atom stereocenters. The van der Waals surface area contributed by atoms with Crippen LogP contribution in [0.3, 0.4) is 0 Å². The molecule has 0 heterocycles. The van der Waals surface area contributed by atoms with E-state index in [0.717, 1.165) is 24.2 Å². The van der Waals surface area contributed by atoms with Gasteiger partial charge < -0.3 is 10.6 Å². The number of amides is 1. The van der Waals surface area contributed by atoms with E-state index >= 15 is 0 Å². The van der Waals surface area contributed by atoms with Crippen LogP contribution in [0.5, 0.6) is 0 Å². The van der Waals surface area contributed by atoms with Gasteiger partial charge in [-0.15, -0.1) is 0 Å². The zero-order chi connectivity index (χ0) is 12.3. The second-order valence-electron chi connectivity index (χ2n) is 4.61. The summed E-state index contributed by atoms with van der Waals surface area (Å²) in [6, 6.07) is 8.28. The molecule has 3 nitrogen and oxygen atoms in total. The second kappa shape index (κ2) is 5.21. The number of nitrogens with zero attached hydrogens (tertiary/aromatic N) is 1. The normalized spacial score (nSPS) is 14.6. The van der Waals surface area contributed by atoms with Gasteiger partial charge in [-0.25, -0.2) is 0 Å². The van der Waals surface area contributed by atoms with Crippen molar-refractivity contribution in [1.82, 2.24) is 4.90 Å². The molecule has 0 atom stereocenters. The molecule has 1 fully saturated rings. The third-order valence-electron chi connectivity index (χ3n) is 3.31. The lowest BCUT2D eigenvalue weighted by Crippen LogP contribution is -2.32. The lowest BCUT2D eigenvalue weighted by Gasteiger charge is -2.20. The van der Waals surface area contributed by atoms with Crippen molar-refractivity contribution in [3.63, 3.8) is 0 Å². The smallest absolute Gasteiger partial charge is 0.223 e. The maximum atomic E-state index is 12.0. The summed E-state index contributed by atoms with van der Waals surface area (Å²) in [6.07, 6.45) is 3.66. The van der Waals surface area contributed by atoms with Crippen LogP contribution in [-0.2, 0) is 11.2 Å². The van der Waals surface area contributed by atoms with Gasteiger partial charge in [0.1, 0.15) is 0 Å². The minimum Gasteiger partial charge on any atom is -0.399 e. The van der Waals surface area contributed by atoms with Crippen LogP contribution >= 0.6 is 0 Å². The predicted molar refractivity (Wildman–Crippen MR) is 69.6 cm³/mol. The highest BCUT2D eigenvalue weighted by Gasteiger charge is 2.30. The van der Waals surface area contributed by atoms with Gasteiger partial charge in [-0.2, -0.15) is 0 Å². The molecule has 2 N–H and O–H groups in total. The fourth-order valence-electron chi connectivity index (χ4n) is 2.17. The Kier molecular flexibility index (Phi) is 3.67. The van der Waals surface area contributed by atoms with Crippen LogP contribution in [-0.4, -0.2) is 23.4 Å². The maximum Gasteiger partial charge on any atom is 0.223 e. The molecule has 0 radical (unpaired) electrons. The number of rotatable bonds is 5. The topological polar surface area (TPSA) is 46.3 Å². The van der Waals surface area contributed by atoms with Crippen LogP contribution in [0.1, 0.15) is 31.7 Å². The largest absolute Gasteiger partial charge is 0.399 e. The lowest BCUT2D eigenvalue weighted by atomic mass is 10.1. The van der Waals surface area contributed by atoms with Gasteiger partial charge in [0.25, 0.3) is 0 Å². The van der Waals surface area contributed by atoms with Gasteiger partial charge in [-0.05, 0) is 37.8 Å². The first-order valence-corrected chi connectivity index (χ1v) is 6.35. The summed E-state index contributed by atoms with van der Waals surface area (Å²) in [5.41, 5.74) is 7.73. The van der Waals surface area contributed by atoms with Crippen molar-refractivity contribution in [2.24, 2.45) is 0 Å². The summed E-state index contributed by atoms with van der Waals surface area (Å²) in [5, 5.41) is 0. The maximum absolute atomic E-state index is 12.0. The van der Waals surface area contributed by atoms with Crippen LogP contribution in [0.4, 0.5) is 5.69 Å². The summed E-state index contributed by atoms with van der Waals surface area (Å²) in [6.45, 7) is 2.88. The average molecular weight is 232 g/mol. The summed E-state index contributed by atoms with van der Waals surface area (Å²) in [7, 11) is 0. The second-order valence-corrected chi connectivity index (χ2v) is 4.61. The molecule has 3 heteroatoms. The van der Waals surface area contributed by atoms with E-state index in [4.69, 9.17) is 5.73 Å². The fraction of sp³-hybridized carbons (Fsp3) is 0.500. The fourth-order valence-corrected chi connectivity index (χ4v) is 2.17. The summed E-state index contributed by atoms with van der Waals surface area (Å²) in [4.78, 5) is 14.0. The van der Waals surface area contributed by atoms with Gasteiger partial charge in [0.15, 0.2) is 0 Å². The molecule has 17 heavy (non-hydrogen) atoms. The van der Waals surface area contributed by atoms with Crippen molar-refractivity contribution >= 4 is 11.6 Å². The molecule has 1 aromatic rings. The molecular weight excluding hydrogens is 212 g/mol. The Bertz CT molecular complexity index is 399. The van der Waals surface area contributed by atoms with Crippen LogP contribution in [0.2, 0.25) is 0 Å². The van der Waals surface area contributed by atoms with Crippen molar-refractivity contribution in [3.8, 4) is 0 Å². The number of anilines is 1. The molecule has 92 valence electrons. The molecule has 1 amide bonds. The van der Waals surface area contributed by atoms with Crippen LogP contribution in [0, 0.1) is 0 Å². The van der Waals surface area contributed by atoms with E-state index in [1.807, 2.05) is 36.1 Å². The first-order chi connectivity index (χ1) is 8.22. The van der Waals surface area contributed by atoms with Gasteiger partial charge in [-0.3, -0.25) is 4.79 Å². The van der Waals surface area contributed by atoms with Crippen molar-refractivity contribution < 1.29 is 4.79 Å². The number of carbonyl (C=O) groups is 1. The SMILES string of the molecule is CCN(C(=O)CCc1ccccc1N)C1CC1. The first-order valence-electron chi connectivity index (χ1n) is 6.35. The Morgan fingerprint density at radius 2 is 2.12 bits per heavy atom. The molecule has 0 aromatic heterocycles. The third kappa shape index (κ3) is 2.99. The molecular formula is C14H20N2O. The molecule has 2 rings (SSSR count). The van der Waals surface area contributed by atoms with E-state index in [1.165, 1.54) is 12.8 Å². The Balaban J connectivity index is 1.89. The van der Waals surface area contributed by atoms with Crippen molar-refractivity contribution in [2.75, 3.05) is 12.3 Å². The van der Waals surface area contributed by atoms with Crippen LogP contribution in [0.25, 0.3) is 0 Å². The molecule has 0 spiro atoms. The Morgan fingerprint density at radius 1 is 1.41 bits per heavy atom. The minimum atomic E-state index is 0.262. The van der Waals surface area contributed by atoms with Gasteiger partial charge in [-0.1, -0.05) is 18.2 Å². The molecule has 1 aliphatic rings. The molecule has 1 aromatic carbocycles. The zero-order valence-electron chi connectivity index (χ0n) is 10.4. The summed E-state index contributed by atoms with van der Waals surface area (Å²) < 4.78 is 0. The molecule has 0 bridgehead atoms. The molecule has 0 aliphatic heterocycles. The molecule has 1 aliphatic carbocycles. The lowest BCUT2D eigenvalue weighted by molar-refractivity contribution is -0.131. The number of nitrogens with two attached hydrogens (primary N) is 1. The number of hydrogen-bond donors (Lipinski definition) is 1. The minimum absolute atomic E-state index is 0.262. The summed E-state index contributed by atoms with van der Waals surface area (Å²) in [5.74, 6) is 0.262. The number of carbonyl (C=O) groups excluding carboxylic acids is 1. The highest BCUT2D eigenvalue weighted by Crippen LogP contribution is 2.27. The highest BCUT2D eigenvalue weighted by atomic mass is 16.2. The number of nitrogen functional groups attached to an aromatic ring is 1. The third-order valence-corrected chi connectivity index (χ3v) is 3.31. The van der Waals surface area contributed by atoms with Gasteiger partial charge in [0, 0.05) is 24.7 Å². The standard InChI is InChI=1S/C14H20N2O/c1-2-16(12-8-9-12)14(17)10-7-11-5-3-4-6-13(11)15/h3-6,12H,2,7-10,15H2,1H3. The van der Waals surface area contributed by atoms with Crippen LogP contribution < -0.4 is 5.73 Å². The quantitative estimate of drug-likeness (QED) is 0.791. The van der Waals surface area contributed by atoms with E-state index in [9.17, 15) is 4.79 Å². The highest BCUT2D eigenvalue weighted by molar-refractivity contribution is 5.77. The first kappa shape index (κ1) is 12.0. The van der Waals surface area contributed by atoms with E-state index < -0.39 is 0 Å². The Labute approximate surface area is 103 Å². The van der Waals surface area contributed by atoms with Crippen molar-refractivity contribution in [2.45, 2.75) is 38.6 Å². The monoisotopic (exact) mass is 232 g/mol. The van der Waals surface area contributed by atoms with Crippen molar-refractivity contribution in [3.05, 3.63) is 29.8 Å². The number of benzene rings is 1. The van der Waals surface area contributed by atoms with Crippen molar-refractivity contribution in [1.29, 1.82) is 0 Å². The summed E-state index contributed by atoms with van der Waals surface area (Å²) >= 11 is 0. The Morgan fingerprint density at radius 3 is 2.71 bits per heavy atom. The molecule has 1 saturated carbocycles. The number of para-hydroxylation sites is 1. The van der Waals surface area contributed by atoms with Crippen LogP contribution in [0.15, 0.2) is 24.3 Å². The predicted octanol–water partition coefficient (Wildman–Crippen LogP) is 2.21. The number of hydrogen-bond acceptors (Lipinski definition) is 2. The zero-order valence-corrected chi connectivity index (χ0v) is 10.4. The van der Waals surface area contributed by atoms with E-state index in [1.54, 1.807) is 0 Å². The molecule has 0 saturated heterocycles. The van der Waals surface area contributed by atoms with E-state index in [0.29, 0.717) is 12.5 Å². The Hall–Kier alpha value is -1.51. The van der Waals surface area contributed by atoms with E-state index in [-0.39, 0.29) is 5.91 Å². The van der Waals surface area contributed by atoms with Gasteiger partial charge in [0.2, 0.25) is 5.91 Å². The van der Waals surface area contributed by atoms with Gasteiger partial charge >= 0.3 is 0 Å². The average Bonchev–Trinajstić information content (AvgIpc) is 3.13. The van der Waals surface area contributed by atoms with Gasteiger partial charge in [0.05, 0.1) is 0 Å².